The summed E-state index contributed by atoms with van der Waals surface area (Å²) in [6, 6.07) is 15.8. The van der Waals surface area contributed by atoms with Gasteiger partial charge in [0.1, 0.15) is 0 Å². The number of imide groups is 1. The molecule has 6 heteroatoms. The first-order chi connectivity index (χ1) is 13.1. The zero-order valence-electron chi connectivity index (χ0n) is 14.7. The second kappa shape index (κ2) is 7.90. The van der Waals surface area contributed by atoms with E-state index >= 15 is 0 Å². The van der Waals surface area contributed by atoms with Gasteiger partial charge in [-0.2, -0.15) is 0 Å². The van der Waals surface area contributed by atoms with E-state index < -0.39 is 0 Å². The Morgan fingerprint density at radius 3 is 2.30 bits per heavy atom. The maximum atomic E-state index is 12.7. The van der Waals surface area contributed by atoms with Crippen molar-refractivity contribution in [2.75, 3.05) is 18.0 Å². The SMILES string of the molecule is O=C1S/C(=C/c2ccc(N3CCCC3)cc2)C(=O)N1Cc1ccc(Br)cc1. The molecule has 27 heavy (non-hydrogen) atoms. The molecule has 0 N–H and O–H groups in total. The van der Waals surface area contributed by atoms with Gasteiger partial charge in [0.05, 0.1) is 11.4 Å². The Bertz CT molecular complexity index is 887. The first kappa shape index (κ1) is 18.3. The van der Waals surface area contributed by atoms with E-state index in [4.69, 9.17) is 0 Å². The van der Waals surface area contributed by atoms with E-state index in [1.165, 1.54) is 23.4 Å². The Labute approximate surface area is 171 Å². The Hall–Kier alpha value is -2.05. The zero-order chi connectivity index (χ0) is 18.8. The molecule has 0 radical (unpaired) electrons. The van der Waals surface area contributed by atoms with Crippen LogP contribution in [-0.4, -0.2) is 29.1 Å². The summed E-state index contributed by atoms with van der Waals surface area (Å²) in [7, 11) is 0. The summed E-state index contributed by atoms with van der Waals surface area (Å²) >= 11 is 4.40. The number of hydrogen-bond donors (Lipinski definition) is 0. The third-order valence-electron chi connectivity index (χ3n) is 4.79. The molecule has 2 aromatic rings. The summed E-state index contributed by atoms with van der Waals surface area (Å²) < 4.78 is 0.970. The molecule has 0 bridgehead atoms. The van der Waals surface area contributed by atoms with Crippen LogP contribution in [0.2, 0.25) is 0 Å². The van der Waals surface area contributed by atoms with Crippen molar-refractivity contribution in [1.82, 2.24) is 4.90 Å². The topological polar surface area (TPSA) is 40.6 Å². The van der Waals surface area contributed by atoms with Gasteiger partial charge in [-0.05, 0) is 66.1 Å². The lowest BCUT2D eigenvalue weighted by molar-refractivity contribution is -0.123. The van der Waals surface area contributed by atoms with Crippen LogP contribution in [0.25, 0.3) is 6.08 Å². The number of anilines is 1. The fraction of sp³-hybridized carbons (Fsp3) is 0.238. The third kappa shape index (κ3) is 4.12. The molecule has 0 atom stereocenters. The molecule has 4 nitrogen and oxygen atoms in total. The summed E-state index contributed by atoms with van der Waals surface area (Å²) in [5, 5.41) is -0.220. The van der Waals surface area contributed by atoms with Crippen LogP contribution in [0.5, 0.6) is 0 Å². The lowest BCUT2D eigenvalue weighted by atomic mass is 10.1. The number of amides is 2. The second-order valence-electron chi connectivity index (χ2n) is 6.68. The number of halogens is 1. The molecule has 4 rings (SSSR count). The second-order valence-corrected chi connectivity index (χ2v) is 8.59. The summed E-state index contributed by atoms with van der Waals surface area (Å²) in [5.74, 6) is -0.225. The van der Waals surface area contributed by atoms with E-state index in [-0.39, 0.29) is 11.1 Å². The molecular formula is C21H19BrN2O2S. The molecule has 0 aliphatic carbocycles. The fourth-order valence-corrected chi connectivity index (χ4v) is 4.42. The summed E-state index contributed by atoms with van der Waals surface area (Å²) in [6.45, 7) is 2.51. The van der Waals surface area contributed by atoms with Gasteiger partial charge in [-0.3, -0.25) is 14.5 Å². The van der Waals surface area contributed by atoms with Gasteiger partial charge in [0.2, 0.25) is 0 Å². The van der Waals surface area contributed by atoms with E-state index in [9.17, 15) is 9.59 Å². The maximum Gasteiger partial charge on any atom is 0.293 e. The third-order valence-corrected chi connectivity index (χ3v) is 6.23. The van der Waals surface area contributed by atoms with E-state index in [2.05, 4.69) is 33.0 Å². The number of carbonyl (C=O) groups excluding carboxylic acids is 2. The normalized spacial score (nSPS) is 18.8. The van der Waals surface area contributed by atoms with Gasteiger partial charge in [0, 0.05) is 23.2 Å². The molecular weight excluding hydrogens is 424 g/mol. The number of nitrogens with zero attached hydrogens (tertiary/aromatic N) is 2. The van der Waals surface area contributed by atoms with Crippen molar-refractivity contribution in [2.45, 2.75) is 19.4 Å². The highest BCUT2D eigenvalue weighted by atomic mass is 79.9. The number of rotatable bonds is 4. The van der Waals surface area contributed by atoms with Crippen LogP contribution in [0.3, 0.4) is 0 Å². The van der Waals surface area contributed by atoms with Crippen LogP contribution < -0.4 is 4.90 Å². The van der Waals surface area contributed by atoms with Crippen molar-refractivity contribution in [1.29, 1.82) is 0 Å². The predicted octanol–water partition coefficient (Wildman–Crippen LogP) is 5.29. The quantitative estimate of drug-likeness (QED) is 0.603. The van der Waals surface area contributed by atoms with Gasteiger partial charge in [-0.15, -0.1) is 0 Å². The molecule has 0 spiro atoms. The van der Waals surface area contributed by atoms with Gasteiger partial charge >= 0.3 is 0 Å². The monoisotopic (exact) mass is 442 g/mol. The lowest BCUT2D eigenvalue weighted by Gasteiger charge is -2.17. The Balaban J connectivity index is 1.48. The molecule has 138 valence electrons. The van der Waals surface area contributed by atoms with Crippen molar-refractivity contribution in [3.63, 3.8) is 0 Å². The van der Waals surface area contributed by atoms with Crippen LogP contribution in [0.1, 0.15) is 24.0 Å². The first-order valence-corrected chi connectivity index (χ1v) is 10.6. The zero-order valence-corrected chi connectivity index (χ0v) is 17.1. The number of benzene rings is 2. The van der Waals surface area contributed by atoms with E-state index in [0.717, 1.165) is 40.5 Å². The predicted molar refractivity (Wildman–Crippen MR) is 114 cm³/mol. The molecule has 2 fully saturated rings. The van der Waals surface area contributed by atoms with Crippen molar-refractivity contribution in [3.05, 3.63) is 69.0 Å². The van der Waals surface area contributed by atoms with Crippen LogP contribution in [0.15, 0.2) is 57.9 Å². The molecule has 2 amide bonds. The van der Waals surface area contributed by atoms with Crippen molar-refractivity contribution >= 4 is 50.6 Å². The first-order valence-electron chi connectivity index (χ1n) is 8.95. The highest BCUT2D eigenvalue weighted by molar-refractivity contribution is 9.10. The largest absolute Gasteiger partial charge is 0.372 e. The Morgan fingerprint density at radius 2 is 1.63 bits per heavy atom. The van der Waals surface area contributed by atoms with Crippen LogP contribution >= 0.6 is 27.7 Å². The van der Waals surface area contributed by atoms with E-state index in [0.29, 0.717) is 11.4 Å². The number of thioether (sulfide) groups is 1. The summed E-state index contributed by atoms with van der Waals surface area (Å²) in [6.07, 6.45) is 4.29. The average Bonchev–Trinajstić information content (AvgIpc) is 3.29. The minimum Gasteiger partial charge on any atom is -0.372 e. The van der Waals surface area contributed by atoms with Gasteiger partial charge in [-0.25, -0.2) is 0 Å². The van der Waals surface area contributed by atoms with Crippen molar-refractivity contribution in [2.24, 2.45) is 0 Å². The van der Waals surface area contributed by atoms with Crippen LogP contribution in [0.4, 0.5) is 10.5 Å². The minimum absolute atomic E-state index is 0.220. The van der Waals surface area contributed by atoms with Crippen LogP contribution in [-0.2, 0) is 11.3 Å². The molecule has 0 aromatic heterocycles. The molecule has 2 aliphatic heterocycles. The lowest BCUT2D eigenvalue weighted by Crippen LogP contribution is -2.27. The standard InChI is InChI=1S/C21H19BrN2O2S/c22-17-7-3-16(4-8-17)14-24-20(25)19(27-21(24)26)13-15-5-9-18(10-6-15)23-11-1-2-12-23/h3-10,13H,1-2,11-12,14H2/b19-13+. The molecule has 2 saturated heterocycles. The average molecular weight is 443 g/mol. The highest BCUT2D eigenvalue weighted by Gasteiger charge is 2.34. The highest BCUT2D eigenvalue weighted by Crippen LogP contribution is 2.33. The Morgan fingerprint density at radius 1 is 0.963 bits per heavy atom. The summed E-state index contributed by atoms with van der Waals surface area (Å²) in [5.41, 5.74) is 3.08. The molecule has 2 aliphatic rings. The molecule has 2 heterocycles. The molecule has 2 aromatic carbocycles. The van der Waals surface area contributed by atoms with E-state index in [1.54, 1.807) is 6.08 Å². The van der Waals surface area contributed by atoms with Crippen molar-refractivity contribution < 1.29 is 9.59 Å². The molecule has 0 saturated carbocycles. The molecule has 0 unspecified atom stereocenters. The van der Waals surface area contributed by atoms with Gasteiger partial charge in [-0.1, -0.05) is 40.2 Å². The van der Waals surface area contributed by atoms with Crippen LogP contribution in [0, 0.1) is 0 Å². The van der Waals surface area contributed by atoms with Crippen molar-refractivity contribution in [3.8, 4) is 0 Å². The maximum absolute atomic E-state index is 12.7. The van der Waals surface area contributed by atoms with Gasteiger partial charge in [0.15, 0.2) is 0 Å². The number of hydrogen-bond acceptors (Lipinski definition) is 4. The summed E-state index contributed by atoms with van der Waals surface area (Å²) in [4.78, 5) is 29.1. The fourth-order valence-electron chi connectivity index (χ4n) is 3.32. The number of carbonyl (C=O) groups is 2. The minimum atomic E-state index is -0.225. The van der Waals surface area contributed by atoms with Gasteiger partial charge in [0.25, 0.3) is 11.1 Å². The smallest absolute Gasteiger partial charge is 0.293 e. The van der Waals surface area contributed by atoms with Gasteiger partial charge < -0.3 is 4.90 Å². The Kier molecular flexibility index (Phi) is 5.36. The van der Waals surface area contributed by atoms with E-state index in [1.807, 2.05) is 36.4 Å².